The topological polar surface area (TPSA) is 18.5 Å². The molecule has 1 aliphatic rings. The van der Waals surface area contributed by atoms with Crippen molar-refractivity contribution in [1.82, 2.24) is 15.1 Å². The first-order valence-electron chi connectivity index (χ1n) is 8.31. The summed E-state index contributed by atoms with van der Waals surface area (Å²) in [5, 5.41) is 3.75. The van der Waals surface area contributed by atoms with Crippen molar-refractivity contribution in [3.8, 4) is 0 Å². The molecular weight excluding hydrogens is 258 g/mol. The summed E-state index contributed by atoms with van der Waals surface area (Å²) in [7, 11) is 2.22. The zero-order valence-corrected chi connectivity index (χ0v) is 14.2. The predicted octanol–water partition coefficient (Wildman–Crippen LogP) is 2.59. The van der Waals surface area contributed by atoms with Crippen LogP contribution in [0.5, 0.6) is 0 Å². The number of hydrogen-bond donors (Lipinski definition) is 1. The molecule has 1 N–H and O–H groups in total. The van der Waals surface area contributed by atoms with Crippen molar-refractivity contribution in [1.29, 1.82) is 0 Å². The third kappa shape index (κ3) is 4.80. The molecule has 1 atom stereocenters. The first kappa shape index (κ1) is 16.5. The molecule has 21 heavy (non-hydrogen) atoms. The SMILES string of the molecule is CCCNC(CN1CCN(C)CC1)c1ccc(C)cc1C. The van der Waals surface area contributed by atoms with E-state index in [4.69, 9.17) is 0 Å². The Bertz CT molecular complexity index is 436. The lowest BCUT2D eigenvalue weighted by molar-refractivity contribution is 0.142. The maximum absolute atomic E-state index is 3.75. The lowest BCUT2D eigenvalue weighted by Crippen LogP contribution is -2.47. The molecule has 0 amide bonds. The average molecular weight is 289 g/mol. The fraction of sp³-hybridized carbons (Fsp3) is 0.667. The lowest BCUT2D eigenvalue weighted by Gasteiger charge is -2.35. The molecule has 1 unspecified atom stereocenters. The Hall–Kier alpha value is -0.900. The van der Waals surface area contributed by atoms with Gasteiger partial charge >= 0.3 is 0 Å². The molecule has 0 spiro atoms. The van der Waals surface area contributed by atoms with Gasteiger partial charge in [-0.2, -0.15) is 0 Å². The summed E-state index contributed by atoms with van der Waals surface area (Å²) in [4.78, 5) is 5.02. The first-order valence-corrected chi connectivity index (χ1v) is 8.31. The van der Waals surface area contributed by atoms with Crippen molar-refractivity contribution in [2.75, 3.05) is 46.3 Å². The highest BCUT2D eigenvalue weighted by Crippen LogP contribution is 2.21. The van der Waals surface area contributed by atoms with Crippen LogP contribution >= 0.6 is 0 Å². The maximum atomic E-state index is 3.75. The van der Waals surface area contributed by atoms with Gasteiger partial charge < -0.3 is 10.2 Å². The van der Waals surface area contributed by atoms with Gasteiger partial charge in [0.05, 0.1) is 0 Å². The predicted molar refractivity (Wildman–Crippen MR) is 90.9 cm³/mol. The maximum Gasteiger partial charge on any atom is 0.0451 e. The molecule has 118 valence electrons. The van der Waals surface area contributed by atoms with Crippen LogP contribution in [0.4, 0.5) is 0 Å². The number of aryl methyl sites for hydroxylation is 2. The van der Waals surface area contributed by atoms with E-state index in [0.29, 0.717) is 6.04 Å². The molecule has 0 radical (unpaired) electrons. The van der Waals surface area contributed by atoms with Gasteiger partial charge in [0.25, 0.3) is 0 Å². The Kier molecular flexibility index (Phi) is 6.22. The summed E-state index contributed by atoms with van der Waals surface area (Å²) in [5.74, 6) is 0. The van der Waals surface area contributed by atoms with Crippen molar-refractivity contribution in [3.05, 3.63) is 34.9 Å². The number of nitrogens with zero attached hydrogens (tertiary/aromatic N) is 2. The lowest BCUT2D eigenvalue weighted by atomic mass is 9.98. The smallest absolute Gasteiger partial charge is 0.0451 e. The van der Waals surface area contributed by atoms with E-state index in [1.807, 2.05) is 0 Å². The van der Waals surface area contributed by atoms with E-state index >= 15 is 0 Å². The molecule has 3 heteroatoms. The van der Waals surface area contributed by atoms with Crippen molar-refractivity contribution in [3.63, 3.8) is 0 Å². The molecule has 1 fully saturated rings. The summed E-state index contributed by atoms with van der Waals surface area (Å²) in [6, 6.07) is 7.31. The number of benzene rings is 1. The number of piperazine rings is 1. The van der Waals surface area contributed by atoms with Gasteiger partial charge in [-0.3, -0.25) is 4.90 Å². The minimum Gasteiger partial charge on any atom is -0.309 e. The second-order valence-electron chi connectivity index (χ2n) is 6.47. The molecule has 0 bridgehead atoms. The Morgan fingerprint density at radius 3 is 2.48 bits per heavy atom. The Morgan fingerprint density at radius 2 is 1.86 bits per heavy atom. The van der Waals surface area contributed by atoms with Crippen LogP contribution in [0.15, 0.2) is 18.2 Å². The van der Waals surface area contributed by atoms with Crippen LogP contribution in [0.1, 0.15) is 36.1 Å². The van der Waals surface area contributed by atoms with Crippen molar-refractivity contribution >= 4 is 0 Å². The van der Waals surface area contributed by atoms with E-state index in [2.05, 4.69) is 61.1 Å². The fourth-order valence-electron chi connectivity index (χ4n) is 3.10. The van der Waals surface area contributed by atoms with Crippen molar-refractivity contribution in [2.45, 2.75) is 33.2 Å². The van der Waals surface area contributed by atoms with Gasteiger partial charge in [0.2, 0.25) is 0 Å². The molecule has 0 aromatic heterocycles. The summed E-state index contributed by atoms with van der Waals surface area (Å²) in [6.45, 7) is 13.6. The summed E-state index contributed by atoms with van der Waals surface area (Å²) in [6.07, 6.45) is 1.18. The minimum absolute atomic E-state index is 0.453. The van der Waals surface area contributed by atoms with Crippen molar-refractivity contribution in [2.24, 2.45) is 0 Å². The van der Waals surface area contributed by atoms with Crippen LogP contribution in [0.3, 0.4) is 0 Å². The molecule has 1 saturated heterocycles. The molecular formula is C18H31N3. The van der Waals surface area contributed by atoms with Gasteiger partial charge in [-0.25, -0.2) is 0 Å². The molecule has 1 aromatic rings. The van der Waals surface area contributed by atoms with Crippen LogP contribution < -0.4 is 5.32 Å². The number of hydrogen-bond acceptors (Lipinski definition) is 3. The normalized spacial score (nSPS) is 18.9. The minimum atomic E-state index is 0.453. The second kappa shape index (κ2) is 7.92. The molecule has 1 aliphatic heterocycles. The van der Waals surface area contributed by atoms with Gasteiger partial charge in [-0.05, 0) is 45.0 Å². The standard InChI is InChI=1S/C18H31N3/c1-5-8-19-18(14-21-11-9-20(4)10-12-21)17-7-6-15(2)13-16(17)3/h6-7,13,18-19H,5,8-12,14H2,1-4H3. The first-order chi connectivity index (χ1) is 10.1. The molecule has 2 rings (SSSR count). The highest BCUT2D eigenvalue weighted by atomic mass is 15.3. The zero-order chi connectivity index (χ0) is 15.2. The number of likely N-dealkylation sites (N-methyl/N-ethyl adjacent to an activating group) is 1. The van der Waals surface area contributed by atoms with E-state index in [9.17, 15) is 0 Å². The highest BCUT2D eigenvalue weighted by molar-refractivity contribution is 5.33. The quantitative estimate of drug-likeness (QED) is 0.868. The van der Waals surface area contributed by atoms with Crippen molar-refractivity contribution < 1.29 is 0 Å². The largest absolute Gasteiger partial charge is 0.309 e. The van der Waals surface area contributed by atoms with Gasteiger partial charge in [0.1, 0.15) is 0 Å². The van der Waals surface area contributed by atoms with E-state index in [1.165, 1.54) is 49.3 Å². The average Bonchev–Trinajstić information content (AvgIpc) is 2.46. The van der Waals surface area contributed by atoms with E-state index < -0.39 is 0 Å². The van der Waals surface area contributed by atoms with E-state index in [0.717, 1.165) is 13.1 Å². The number of nitrogens with one attached hydrogen (secondary N) is 1. The van der Waals surface area contributed by atoms with Crippen LogP contribution in [0, 0.1) is 13.8 Å². The van der Waals surface area contributed by atoms with Crippen LogP contribution in [0.25, 0.3) is 0 Å². The Balaban J connectivity index is 2.06. The third-order valence-corrected chi connectivity index (χ3v) is 4.48. The fourth-order valence-corrected chi connectivity index (χ4v) is 3.10. The molecule has 1 heterocycles. The Labute approximate surface area is 130 Å². The summed E-state index contributed by atoms with van der Waals surface area (Å²) in [5.41, 5.74) is 4.23. The van der Waals surface area contributed by atoms with Crippen LogP contribution in [-0.4, -0.2) is 56.1 Å². The van der Waals surface area contributed by atoms with Gasteiger partial charge in [-0.1, -0.05) is 30.7 Å². The Morgan fingerprint density at radius 1 is 1.14 bits per heavy atom. The van der Waals surface area contributed by atoms with Crippen LogP contribution in [-0.2, 0) is 0 Å². The van der Waals surface area contributed by atoms with E-state index in [-0.39, 0.29) is 0 Å². The summed E-state index contributed by atoms with van der Waals surface area (Å²) < 4.78 is 0. The van der Waals surface area contributed by atoms with Gasteiger partial charge in [0.15, 0.2) is 0 Å². The monoisotopic (exact) mass is 289 g/mol. The van der Waals surface area contributed by atoms with Crippen LogP contribution in [0.2, 0.25) is 0 Å². The molecule has 3 nitrogen and oxygen atoms in total. The second-order valence-corrected chi connectivity index (χ2v) is 6.47. The van der Waals surface area contributed by atoms with Gasteiger partial charge in [-0.15, -0.1) is 0 Å². The van der Waals surface area contributed by atoms with E-state index in [1.54, 1.807) is 0 Å². The summed E-state index contributed by atoms with van der Waals surface area (Å²) >= 11 is 0. The molecule has 1 aromatic carbocycles. The zero-order valence-electron chi connectivity index (χ0n) is 14.2. The molecule has 0 saturated carbocycles. The number of rotatable bonds is 6. The highest BCUT2D eigenvalue weighted by Gasteiger charge is 2.20. The third-order valence-electron chi connectivity index (χ3n) is 4.48. The van der Waals surface area contributed by atoms with Gasteiger partial charge in [0, 0.05) is 38.8 Å². The molecule has 0 aliphatic carbocycles.